The van der Waals surface area contributed by atoms with E-state index in [4.69, 9.17) is 13.9 Å². The normalized spacial score (nSPS) is 10.4. The van der Waals surface area contributed by atoms with Crippen LogP contribution in [0.3, 0.4) is 0 Å². The van der Waals surface area contributed by atoms with Gasteiger partial charge in [-0.3, -0.25) is 4.79 Å². The second kappa shape index (κ2) is 8.96. The Kier molecular flexibility index (Phi) is 5.75. The van der Waals surface area contributed by atoms with Gasteiger partial charge in [0.15, 0.2) is 5.76 Å². The van der Waals surface area contributed by atoms with Crippen LogP contribution < -0.4 is 14.8 Å². The number of amides is 1. The maximum absolute atomic E-state index is 12.9. The van der Waals surface area contributed by atoms with Gasteiger partial charge in [-0.25, -0.2) is 4.39 Å². The number of hydrogen-bond donors (Lipinski definition) is 1. The summed E-state index contributed by atoms with van der Waals surface area (Å²) in [6.07, 6.45) is 0. The zero-order valence-electron chi connectivity index (χ0n) is 15.9. The fraction of sp³-hybridized carbons (Fsp3) is 0.0417. The number of carbonyl (C=O) groups excluding carboxylic acids is 1. The van der Waals surface area contributed by atoms with Crippen molar-refractivity contribution in [1.82, 2.24) is 0 Å². The first-order chi connectivity index (χ1) is 14.7. The van der Waals surface area contributed by atoms with Crippen LogP contribution >= 0.6 is 0 Å². The molecule has 3 aromatic carbocycles. The highest BCUT2D eigenvalue weighted by atomic mass is 19.1. The van der Waals surface area contributed by atoms with Crippen LogP contribution in [0.1, 0.15) is 16.3 Å². The van der Waals surface area contributed by atoms with Crippen molar-refractivity contribution in [2.24, 2.45) is 0 Å². The van der Waals surface area contributed by atoms with E-state index in [1.54, 1.807) is 36.4 Å². The maximum atomic E-state index is 12.9. The molecule has 1 aromatic heterocycles. The highest BCUT2D eigenvalue weighted by molar-refractivity contribution is 6.02. The quantitative estimate of drug-likeness (QED) is 0.409. The minimum absolute atomic E-state index is 0.129. The second-order valence-corrected chi connectivity index (χ2v) is 6.40. The summed E-state index contributed by atoms with van der Waals surface area (Å²) in [6.45, 7) is 0.129. The summed E-state index contributed by atoms with van der Waals surface area (Å²) in [5.41, 5.74) is 0.612. The lowest BCUT2D eigenvalue weighted by atomic mass is 10.3. The van der Waals surface area contributed by atoms with Crippen LogP contribution in [0.5, 0.6) is 17.2 Å². The molecule has 4 rings (SSSR count). The lowest BCUT2D eigenvalue weighted by Crippen LogP contribution is -2.10. The molecule has 0 aliphatic rings. The first-order valence-electron chi connectivity index (χ1n) is 9.27. The first-order valence-corrected chi connectivity index (χ1v) is 9.27. The van der Waals surface area contributed by atoms with Gasteiger partial charge in [0.25, 0.3) is 5.91 Å². The molecule has 0 aliphatic carbocycles. The van der Waals surface area contributed by atoms with Crippen LogP contribution in [0.4, 0.5) is 10.1 Å². The number of rotatable bonds is 7. The molecule has 0 bridgehead atoms. The minimum atomic E-state index is -0.375. The van der Waals surface area contributed by atoms with Crippen LogP contribution in [0, 0.1) is 5.82 Å². The van der Waals surface area contributed by atoms with Crippen LogP contribution in [-0.4, -0.2) is 5.91 Å². The molecule has 0 fully saturated rings. The van der Waals surface area contributed by atoms with Gasteiger partial charge in [0.2, 0.25) is 0 Å². The van der Waals surface area contributed by atoms with E-state index in [9.17, 15) is 9.18 Å². The summed E-state index contributed by atoms with van der Waals surface area (Å²) in [6, 6.07) is 25.4. The Hall–Kier alpha value is -4.06. The van der Waals surface area contributed by atoms with Gasteiger partial charge < -0.3 is 19.2 Å². The van der Waals surface area contributed by atoms with E-state index in [0.29, 0.717) is 22.9 Å². The Bertz CT molecular complexity index is 1110. The molecule has 6 heteroatoms. The van der Waals surface area contributed by atoms with Gasteiger partial charge in [0.1, 0.15) is 35.4 Å². The Morgan fingerprint density at radius 1 is 0.800 bits per heavy atom. The number of hydrogen-bond acceptors (Lipinski definition) is 4. The number of benzene rings is 3. The highest BCUT2D eigenvalue weighted by Crippen LogP contribution is 2.23. The van der Waals surface area contributed by atoms with Crippen molar-refractivity contribution in [3.8, 4) is 17.2 Å². The Labute approximate surface area is 172 Å². The van der Waals surface area contributed by atoms with Gasteiger partial charge in [0.05, 0.1) is 0 Å². The lowest BCUT2D eigenvalue weighted by molar-refractivity contribution is 0.0992. The van der Waals surface area contributed by atoms with Crippen molar-refractivity contribution in [2.75, 3.05) is 5.32 Å². The number of ether oxygens (including phenoxy) is 2. The molecule has 0 saturated carbocycles. The molecular weight excluding hydrogens is 385 g/mol. The van der Waals surface area contributed by atoms with Gasteiger partial charge >= 0.3 is 0 Å². The smallest absolute Gasteiger partial charge is 0.291 e. The summed E-state index contributed by atoms with van der Waals surface area (Å²) in [4.78, 5) is 12.4. The van der Waals surface area contributed by atoms with E-state index in [0.717, 1.165) is 5.75 Å². The maximum Gasteiger partial charge on any atom is 0.291 e. The molecule has 1 amide bonds. The average Bonchev–Trinajstić information content (AvgIpc) is 3.25. The third-order valence-electron chi connectivity index (χ3n) is 4.17. The third kappa shape index (κ3) is 5.05. The molecule has 1 heterocycles. The largest absolute Gasteiger partial charge is 0.486 e. The highest BCUT2D eigenvalue weighted by Gasteiger charge is 2.12. The summed E-state index contributed by atoms with van der Waals surface area (Å²) in [5.74, 6) is 1.85. The SMILES string of the molecule is O=C(Nc1ccc(Oc2ccccc2)cc1)c1ccc(COc2ccc(F)cc2)o1. The molecular formula is C24H18FNO4. The van der Waals surface area contributed by atoms with E-state index in [1.807, 2.05) is 30.3 Å². The van der Waals surface area contributed by atoms with Crippen LogP contribution in [0.15, 0.2) is 95.4 Å². The molecule has 0 aliphatic heterocycles. The van der Waals surface area contributed by atoms with Crippen molar-refractivity contribution in [3.63, 3.8) is 0 Å². The van der Waals surface area contributed by atoms with E-state index in [2.05, 4.69) is 5.32 Å². The summed E-state index contributed by atoms with van der Waals surface area (Å²) in [7, 11) is 0. The van der Waals surface area contributed by atoms with Crippen molar-refractivity contribution in [2.45, 2.75) is 6.61 Å². The van der Waals surface area contributed by atoms with E-state index in [1.165, 1.54) is 24.3 Å². The Morgan fingerprint density at radius 3 is 2.20 bits per heavy atom. The predicted octanol–water partition coefficient (Wildman–Crippen LogP) is 6.04. The summed E-state index contributed by atoms with van der Waals surface area (Å²) in [5, 5.41) is 2.77. The number of carbonyl (C=O) groups is 1. The predicted molar refractivity (Wildman–Crippen MR) is 110 cm³/mol. The van der Waals surface area contributed by atoms with Gasteiger partial charge in [-0.05, 0) is 72.8 Å². The van der Waals surface area contributed by atoms with Crippen LogP contribution in [-0.2, 0) is 6.61 Å². The standard InChI is InChI=1S/C24H18FNO4/c25-17-6-10-19(11-7-17)28-16-22-14-15-23(30-22)24(27)26-18-8-12-21(13-9-18)29-20-4-2-1-3-5-20/h1-15H,16H2,(H,26,27). The second-order valence-electron chi connectivity index (χ2n) is 6.40. The van der Waals surface area contributed by atoms with Gasteiger partial charge in [0, 0.05) is 5.69 Å². The monoisotopic (exact) mass is 403 g/mol. The van der Waals surface area contributed by atoms with Gasteiger partial charge in [-0.2, -0.15) is 0 Å². The van der Waals surface area contributed by atoms with Crippen molar-refractivity contribution < 1.29 is 23.1 Å². The summed E-state index contributed by atoms with van der Waals surface area (Å²) >= 11 is 0. The molecule has 0 spiro atoms. The fourth-order valence-electron chi connectivity index (χ4n) is 2.69. The van der Waals surface area contributed by atoms with Gasteiger partial charge in [-0.1, -0.05) is 18.2 Å². The molecule has 30 heavy (non-hydrogen) atoms. The van der Waals surface area contributed by atoms with E-state index in [-0.39, 0.29) is 24.1 Å². The zero-order chi connectivity index (χ0) is 20.8. The third-order valence-corrected chi connectivity index (χ3v) is 4.17. The number of nitrogens with one attached hydrogen (secondary N) is 1. The minimum Gasteiger partial charge on any atom is -0.486 e. The zero-order valence-corrected chi connectivity index (χ0v) is 15.9. The number of para-hydroxylation sites is 1. The molecule has 0 saturated heterocycles. The topological polar surface area (TPSA) is 60.7 Å². The lowest BCUT2D eigenvalue weighted by Gasteiger charge is -2.07. The molecule has 1 N–H and O–H groups in total. The number of halogens is 1. The molecule has 0 radical (unpaired) electrons. The van der Waals surface area contributed by atoms with E-state index < -0.39 is 0 Å². The molecule has 4 aromatic rings. The molecule has 0 unspecified atom stereocenters. The number of furan rings is 1. The fourth-order valence-corrected chi connectivity index (χ4v) is 2.69. The molecule has 150 valence electrons. The van der Waals surface area contributed by atoms with Crippen molar-refractivity contribution >= 4 is 11.6 Å². The summed E-state index contributed by atoms with van der Waals surface area (Å²) < 4.78 is 29.7. The van der Waals surface area contributed by atoms with Crippen LogP contribution in [0.25, 0.3) is 0 Å². The Balaban J connectivity index is 1.32. The van der Waals surface area contributed by atoms with Crippen molar-refractivity contribution in [3.05, 3.63) is 108 Å². The molecule has 0 atom stereocenters. The average molecular weight is 403 g/mol. The van der Waals surface area contributed by atoms with Crippen LogP contribution in [0.2, 0.25) is 0 Å². The van der Waals surface area contributed by atoms with E-state index >= 15 is 0 Å². The Morgan fingerprint density at radius 2 is 1.47 bits per heavy atom. The van der Waals surface area contributed by atoms with Gasteiger partial charge in [-0.15, -0.1) is 0 Å². The molecule has 5 nitrogen and oxygen atoms in total. The first kappa shape index (κ1) is 19.3. The van der Waals surface area contributed by atoms with Crippen molar-refractivity contribution in [1.29, 1.82) is 0 Å². The number of anilines is 1.